The molecule has 122 valence electrons. The molecule has 0 bridgehead atoms. The van der Waals surface area contributed by atoms with E-state index >= 15 is 0 Å². The Morgan fingerprint density at radius 3 is 2.33 bits per heavy atom. The molecule has 2 aromatic carbocycles. The molecule has 0 unspecified atom stereocenters. The van der Waals surface area contributed by atoms with Crippen LogP contribution in [0.25, 0.3) is 0 Å². The van der Waals surface area contributed by atoms with Crippen LogP contribution in [0.1, 0.15) is 5.56 Å². The largest absolute Gasteiger partial charge is 0.317 e. The molecule has 24 heavy (non-hydrogen) atoms. The third-order valence-electron chi connectivity index (χ3n) is 3.50. The van der Waals surface area contributed by atoms with Crippen molar-refractivity contribution in [3.63, 3.8) is 0 Å². The Kier molecular flexibility index (Phi) is 5.28. The van der Waals surface area contributed by atoms with Crippen molar-refractivity contribution in [2.24, 2.45) is 4.99 Å². The highest BCUT2D eigenvalue weighted by molar-refractivity contribution is 8.14. The quantitative estimate of drug-likeness (QED) is 0.874. The van der Waals surface area contributed by atoms with Crippen LogP contribution < -0.4 is 10.2 Å². The monoisotopic (exact) mass is 339 g/mol. The highest BCUT2D eigenvalue weighted by Crippen LogP contribution is 2.17. The Morgan fingerprint density at radius 2 is 1.71 bits per heavy atom. The third kappa shape index (κ3) is 4.02. The average molecular weight is 339 g/mol. The zero-order valence-corrected chi connectivity index (χ0v) is 13.8. The van der Waals surface area contributed by atoms with Crippen LogP contribution in [0.3, 0.4) is 0 Å². The van der Waals surface area contributed by atoms with Crippen molar-refractivity contribution in [3.8, 4) is 0 Å². The number of amidine groups is 1. The number of aliphatic imine (C=N–C) groups is 1. The molecular weight excluding hydrogens is 322 g/mol. The van der Waals surface area contributed by atoms with E-state index in [4.69, 9.17) is 0 Å². The molecule has 2 aromatic rings. The summed E-state index contributed by atoms with van der Waals surface area (Å²) in [6.07, 6.45) is 0. The summed E-state index contributed by atoms with van der Waals surface area (Å²) in [4.78, 5) is 30.6. The fourth-order valence-electron chi connectivity index (χ4n) is 2.34. The number of carbonyl (C=O) groups is 2. The molecule has 1 aliphatic heterocycles. The van der Waals surface area contributed by atoms with Crippen LogP contribution in [0.5, 0.6) is 0 Å². The zero-order valence-electron chi connectivity index (χ0n) is 13.0. The molecule has 0 aromatic heterocycles. The van der Waals surface area contributed by atoms with Gasteiger partial charge in [-0.2, -0.15) is 0 Å². The van der Waals surface area contributed by atoms with Gasteiger partial charge in [-0.3, -0.25) is 24.8 Å². The average Bonchev–Trinajstić information content (AvgIpc) is 3.14. The Labute approximate surface area is 144 Å². The molecule has 6 heteroatoms. The van der Waals surface area contributed by atoms with Crippen LogP contribution in [0.2, 0.25) is 0 Å². The number of hydrogen-bond acceptors (Lipinski definition) is 4. The van der Waals surface area contributed by atoms with Gasteiger partial charge in [-0.1, -0.05) is 60.3 Å². The van der Waals surface area contributed by atoms with Gasteiger partial charge in [-0.15, -0.1) is 0 Å². The molecule has 0 aliphatic carbocycles. The molecule has 0 spiro atoms. The minimum atomic E-state index is -0.664. The second kappa shape index (κ2) is 7.79. The van der Waals surface area contributed by atoms with Crippen molar-refractivity contribution < 1.29 is 9.59 Å². The SMILES string of the molecule is O=C(NC1=NCCS1)C(=O)N(Cc1ccccc1)c1ccccc1. The molecule has 3 rings (SSSR count). The fraction of sp³-hybridized carbons (Fsp3) is 0.167. The maximum atomic E-state index is 12.7. The Balaban J connectivity index is 1.80. The highest BCUT2D eigenvalue weighted by atomic mass is 32.2. The van der Waals surface area contributed by atoms with Gasteiger partial charge < -0.3 is 0 Å². The lowest BCUT2D eigenvalue weighted by Crippen LogP contribution is -2.44. The molecule has 0 saturated heterocycles. The molecule has 0 radical (unpaired) electrons. The lowest BCUT2D eigenvalue weighted by Gasteiger charge is -2.22. The number of rotatable bonds is 3. The maximum absolute atomic E-state index is 12.7. The molecule has 1 N–H and O–H groups in total. The van der Waals surface area contributed by atoms with Gasteiger partial charge in [0.15, 0.2) is 5.17 Å². The summed E-state index contributed by atoms with van der Waals surface area (Å²) < 4.78 is 0. The van der Waals surface area contributed by atoms with Gasteiger partial charge in [0.25, 0.3) is 0 Å². The van der Waals surface area contributed by atoms with Crippen molar-refractivity contribution in [1.82, 2.24) is 5.32 Å². The molecule has 1 heterocycles. The number of amides is 2. The van der Waals surface area contributed by atoms with E-state index in [1.165, 1.54) is 16.7 Å². The Hall–Kier alpha value is -2.60. The van der Waals surface area contributed by atoms with Gasteiger partial charge in [-0.25, -0.2) is 0 Å². The van der Waals surface area contributed by atoms with Crippen LogP contribution in [-0.4, -0.2) is 29.3 Å². The zero-order chi connectivity index (χ0) is 16.8. The first kappa shape index (κ1) is 16.3. The van der Waals surface area contributed by atoms with Crippen LogP contribution in [-0.2, 0) is 16.1 Å². The number of carbonyl (C=O) groups excluding carboxylic acids is 2. The van der Waals surface area contributed by atoms with Gasteiger partial charge in [0, 0.05) is 11.4 Å². The van der Waals surface area contributed by atoms with Gasteiger partial charge in [0.2, 0.25) is 0 Å². The molecular formula is C18H17N3O2S. The lowest BCUT2D eigenvalue weighted by molar-refractivity contribution is -0.136. The first-order valence-corrected chi connectivity index (χ1v) is 8.61. The maximum Gasteiger partial charge on any atom is 0.317 e. The van der Waals surface area contributed by atoms with Gasteiger partial charge in [0.05, 0.1) is 13.1 Å². The molecule has 0 saturated carbocycles. The summed E-state index contributed by atoms with van der Waals surface area (Å²) in [5.41, 5.74) is 1.64. The van der Waals surface area contributed by atoms with Crippen molar-refractivity contribution in [2.45, 2.75) is 6.54 Å². The first-order valence-electron chi connectivity index (χ1n) is 7.63. The molecule has 5 nitrogen and oxygen atoms in total. The van der Waals surface area contributed by atoms with E-state index in [0.717, 1.165) is 11.3 Å². The van der Waals surface area contributed by atoms with Crippen LogP contribution in [0, 0.1) is 0 Å². The van der Waals surface area contributed by atoms with Crippen LogP contribution >= 0.6 is 11.8 Å². The van der Waals surface area contributed by atoms with Gasteiger partial charge in [0.1, 0.15) is 0 Å². The minimum absolute atomic E-state index is 0.330. The van der Waals surface area contributed by atoms with E-state index in [1.807, 2.05) is 60.7 Å². The molecule has 2 amide bonds. The topological polar surface area (TPSA) is 61.8 Å². The molecule has 0 atom stereocenters. The summed E-state index contributed by atoms with van der Waals surface area (Å²) in [6.45, 7) is 0.998. The van der Waals surface area contributed by atoms with E-state index in [-0.39, 0.29) is 0 Å². The number of hydrogen-bond donors (Lipinski definition) is 1. The summed E-state index contributed by atoms with van der Waals surface area (Å²) in [7, 11) is 0. The predicted octanol–water partition coefficient (Wildman–Crippen LogP) is 2.44. The third-order valence-corrected chi connectivity index (χ3v) is 4.39. The first-order chi connectivity index (χ1) is 11.7. The van der Waals surface area contributed by atoms with E-state index < -0.39 is 11.8 Å². The van der Waals surface area contributed by atoms with E-state index in [1.54, 1.807) is 0 Å². The standard InChI is InChI=1S/C18H17N3O2S/c22-16(20-18-19-11-12-24-18)17(23)21(15-9-5-2-6-10-15)13-14-7-3-1-4-8-14/h1-10H,11-13H2,(H,19,20,22). The van der Waals surface area contributed by atoms with Crippen LogP contribution in [0.4, 0.5) is 5.69 Å². The molecule has 0 fully saturated rings. The summed E-state index contributed by atoms with van der Waals surface area (Å²) in [5, 5.41) is 3.11. The lowest BCUT2D eigenvalue weighted by atomic mass is 10.2. The minimum Gasteiger partial charge on any atom is -0.300 e. The van der Waals surface area contributed by atoms with Gasteiger partial charge >= 0.3 is 11.8 Å². The number of nitrogens with one attached hydrogen (secondary N) is 1. The smallest absolute Gasteiger partial charge is 0.300 e. The van der Waals surface area contributed by atoms with Crippen molar-refractivity contribution in [1.29, 1.82) is 0 Å². The number of para-hydroxylation sites is 1. The number of anilines is 1. The second-order valence-corrected chi connectivity index (χ2v) is 6.29. The summed E-state index contributed by atoms with van der Waals surface area (Å²) in [6, 6.07) is 18.8. The summed E-state index contributed by atoms with van der Waals surface area (Å²) >= 11 is 1.45. The number of benzene rings is 2. The Morgan fingerprint density at radius 1 is 1.04 bits per heavy atom. The van der Waals surface area contributed by atoms with E-state index in [0.29, 0.717) is 23.9 Å². The fourth-order valence-corrected chi connectivity index (χ4v) is 3.06. The number of nitrogens with zero attached hydrogens (tertiary/aromatic N) is 2. The summed E-state index contributed by atoms with van der Waals surface area (Å²) in [5.74, 6) is -0.431. The van der Waals surface area contributed by atoms with Crippen molar-refractivity contribution in [2.75, 3.05) is 17.2 Å². The van der Waals surface area contributed by atoms with E-state index in [9.17, 15) is 9.59 Å². The van der Waals surface area contributed by atoms with Crippen molar-refractivity contribution >= 4 is 34.4 Å². The van der Waals surface area contributed by atoms with Gasteiger partial charge in [-0.05, 0) is 17.7 Å². The highest BCUT2D eigenvalue weighted by Gasteiger charge is 2.25. The van der Waals surface area contributed by atoms with E-state index in [2.05, 4.69) is 10.3 Å². The predicted molar refractivity (Wildman–Crippen MR) is 97.0 cm³/mol. The number of thioether (sulfide) groups is 1. The second-order valence-electron chi connectivity index (χ2n) is 5.20. The Bertz CT molecular complexity index is 747. The molecule has 1 aliphatic rings. The van der Waals surface area contributed by atoms with Crippen molar-refractivity contribution in [3.05, 3.63) is 66.2 Å². The van der Waals surface area contributed by atoms with Crippen LogP contribution in [0.15, 0.2) is 65.7 Å². The normalized spacial score (nSPS) is 13.2.